The van der Waals surface area contributed by atoms with Gasteiger partial charge in [-0.3, -0.25) is 14.4 Å². The van der Waals surface area contributed by atoms with E-state index in [1.807, 2.05) is 4.90 Å². The van der Waals surface area contributed by atoms with E-state index in [1.54, 1.807) is 11.0 Å². The molecule has 0 spiro atoms. The molecule has 1 N–H and O–H groups in total. The summed E-state index contributed by atoms with van der Waals surface area (Å²) in [5, 5.41) is 14.6. The molecule has 0 unspecified atom stereocenters. The molecule has 1 amide bonds. The van der Waals surface area contributed by atoms with Crippen LogP contribution in [0.2, 0.25) is 0 Å². The van der Waals surface area contributed by atoms with Crippen molar-refractivity contribution in [1.82, 2.24) is 29.5 Å². The largest absolute Gasteiger partial charge is 0.391 e. The average Bonchev–Trinajstić information content (AvgIpc) is 3.04. The molecule has 2 fully saturated rings. The van der Waals surface area contributed by atoms with Crippen LogP contribution in [0.15, 0.2) is 12.7 Å². The van der Waals surface area contributed by atoms with Gasteiger partial charge in [0.15, 0.2) is 0 Å². The summed E-state index contributed by atoms with van der Waals surface area (Å²) in [7, 11) is 2.14. The fourth-order valence-corrected chi connectivity index (χ4v) is 3.80. The summed E-state index contributed by atoms with van der Waals surface area (Å²) in [5.74, 6) is 0.186. The van der Waals surface area contributed by atoms with Crippen LogP contribution in [-0.2, 0) is 11.3 Å². The van der Waals surface area contributed by atoms with E-state index in [0.717, 1.165) is 45.6 Å². The molecule has 1 aromatic heterocycles. The topological polar surface area (TPSA) is 77.7 Å². The summed E-state index contributed by atoms with van der Waals surface area (Å²) in [6.07, 6.45) is 5.67. The molecule has 25 heavy (non-hydrogen) atoms. The molecule has 0 aromatic carbocycles. The Morgan fingerprint density at radius 3 is 2.64 bits per heavy atom. The van der Waals surface area contributed by atoms with Crippen molar-refractivity contribution < 1.29 is 9.90 Å². The van der Waals surface area contributed by atoms with E-state index in [9.17, 15) is 9.90 Å². The molecule has 3 rings (SSSR count). The monoisotopic (exact) mass is 350 g/mol. The maximum Gasteiger partial charge on any atom is 0.222 e. The lowest BCUT2D eigenvalue weighted by molar-refractivity contribution is -0.131. The van der Waals surface area contributed by atoms with Gasteiger partial charge in [-0.25, -0.2) is 4.98 Å². The number of aliphatic hydroxyl groups excluding tert-OH is 1. The number of piperazine rings is 1. The standard InChI is InChI=1S/C17H30N6O2/c1-20-9-11-21(12-10-20)15-4-7-22(8-5-16(15)24)17(25)3-2-6-23-14-18-13-19-23/h13-16,24H,2-12H2,1H3/t15-,16-/m0/s1. The van der Waals surface area contributed by atoms with Gasteiger partial charge in [0.05, 0.1) is 6.10 Å². The Morgan fingerprint density at radius 1 is 1.16 bits per heavy atom. The van der Waals surface area contributed by atoms with Gasteiger partial charge in [0.1, 0.15) is 12.7 Å². The Morgan fingerprint density at radius 2 is 1.92 bits per heavy atom. The van der Waals surface area contributed by atoms with Crippen LogP contribution in [0.5, 0.6) is 0 Å². The molecular weight excluding hydrogens is 320 g/mol. The van der Waals surface area contributed by atoms with Gasteiger partial charge < -0.3 is 14.9 Å². The maximum atomic E-state index is 12.5. The molecular formula is C17H30N6O2. The molecule has 2 aliphatic heterocycles. The number of aromatic nitrogens is 3. The van der Waals surface area contributed by atoms with Crippen LogP contribution in [0.1, 0.15) is 25.7 Å². The van der Waals surface area contributed by atoms with Crippen molar-refractivity contribution in [3.63, 3.8) is 0 Å². The van der Waals surface area contributed by atoms with E-state index in [1.165, 1.54) is 6.33 Å². The van der Waals surface area contributed by atoms with Gasteiger partial charge in [0, 0.05) is 58.3 Å². The van der Waals surface area contributed by atoms with Crippen molar-refractivity contribution in [1.29, 1.82) is 0 Å². The van der Waals surface area contributed by atoms with Gasteiger partial charge >= 0.3 is 0 Å². The predicted molar refractivity (Wildman–Crippen MR) is 93.9 cm³/mol. The SMILES string of the molecule is CN1CCN([C@H]2CCN(C(=O)CCCn3cncn3)CC[C@@H]2O)CC1. The second-order valence-electron chi connectivity index (χ2n) is 7.19. The van der Waals surface area contributed by atoms with Crippen LogP contribution in [0.4, 0.5) is 0 Å². The number of likely N-dealkylation sites (N-methyl/N-ethyl adjacent to an activating group) is 1. The highest BCUT2D eigenvalue weighted by Crippen LogP contribution is 2.20. The van der Waals surface area contributed by atoms with Gasteiger partial charge in [-0.1, -0.05) is 0 Å². The van der Waals surface area contributed by atoms with E-state index < -0.39 is 0 Å². The highest BCUT2D eigenvalue weighted by molar-refractivity contribution is 5.76. The highest BCUT2D eigenvalue weighted by Gasteiger charge is 2.32. The first kappa shape index (κ1) is 18.3. The number of carbonyl (C=O) groups excluding carboxylic acids is 1. The van der Waals surface area contributed by atoms with Crippen molar-refractivity contribution in [3.8, 4) is 0 Å². The summed E-state index contributed by atoms with van der Waals surface area (Å²) < 4.78 is 1.75. The molecule has 8 heteroatoms. The normalized spacial score (nSPS) is 26.6. The zero-order valence-electron chi connectivity index (χ0n) is 15.1. The number of aryl methyl sites for hydroxylation is 1. The minimum Gasteiger partial charge on any atom is -0.391 e. The predicted octanol–water partition coefficient (Wildman–Crippen LogP) is -0.342. The van der Waals surface area contributed by atoms with Gasteiger partial charge in [-0.05, 0) is 26.3 Å². The van der Waals surface area contributed by atoms with E-state index in [0.29, 0.717) is 25.9 Å². The number of nitrogens with zero attached hydrogens (tertiary/aromatic N) is 6. The van der Waals surface area contributed by atoms with Crippen LogP contribution in [0.3, 0.4) is 0 Å². The third-order valence-electron chi connectivity index (χ3n) is 5.44. The fourth-order valence-electron chi connectivity index (χ4n) is 3.80. The molecule has 8 nitrogen and oxygen atoms in total. The molecule has 0 aliphatic carbocycles. The van der Waals surface area contributed by atoms with Crippen LogP contribution in [0.25, 0.3) is 0 Å². The third-order valence-corrected chi connectivity index (χ3v) is 5.44. The summed E-state index contributed by atoms with van der Waals surface area (Å²) in [6, 6.07) is 0.182. The minimum atomic E-state index is -0.337. The molecule has 2 saturated heterocycles. The number of carbonyl (C=O) groups is 1. The number of rotatable bonds is 5. The van der Waals surface area contributed by atoms with Crippen LogP contribution in [-0.4, -0.2) is 98.9 Å². The van der Waals surface area contributed by atoms with Crippen molar-refractivity contribution in [2.24, 2.45) is 0 Å². The smallest absolute Gasteiger partial charge is 0.222 e. The van der Waals surface area contributed by atoms with Gasteiger partial charge in [0.25, 0.3) is 0 Å². The van der Waals surface area contributed by atoms with E-state index in [4.69, 9.17) is 0 Å². The maximum absolute atomic E-state index is 12.5. The first-order valence-electron chi connectivity index (χ1n) is 9.34. The number of hydrogen-bond acceptors (Lipinski definition) is 6. The second kappa shape index (κ2) is 8.73. The number of likely N-dealkylation sites (tertiary alicyclic amines) is 1. The van der Waals surface area contributed by atoms with Crippen LogP contribution in [0, 0.1) is 0 Å². The lowest BCUT2D eigenvalue weighted by Gasteiger charge is -2.39. The zero-order chi connectivity index (χ0) is 17.6. The molecule has 0 saturated carbocycles. The molecule has 0 bridgehead atoms. The second-order valence-corrected chi connectivity index (χ2v) is 7.19. The van der Waals surface area contributed by atoms with Crippen molar-refractivity contribution >= 4 is 5.91 Å². The number of hydrogen-bond donors (Lipinski definition) is 1. The van der Waals surface area contributed by atoms with Crippen molar-refractivity contribution in [2.75, 3.05) is 46.3 Å². The Kier molecular flexibility index (Phi) is 6.39. The van der Waals surface area contributed by atoms with Gasteiger partial charge in [0.2, 0.25) is 5.91 Å². The van der Waals surface area contributed by atoms with Crippen molar-refractivity contribution in [3.05, 3.63) is 12.7 Å². The first-order chi connectivity index (χ1) is 12.1. The molecule has 2 atom stereocenters. The molecule has 1 aromatic rings. The Labute approximate surface area is 149 Å². The van der Waals surface area contributed by atoms with E-state index in [-0.39, 0.29) is 18.1 Å². The number of amides is 1. The summed E-state index contributed by atoms with van der Waals surface area (Å²) in [6.45, 7) is 6.23. The Balaban J connectivity index is 1.45. The highest BCUT2D eigenvalue weighted by atomic mass is 16.3. The Hall–Kier alpha value is -1.51. The molecule has 140 valence electrons. The lowest BCUT2D eigenvalue weighted by Crippen LogP contribution is -2.52. The molecule has 2 aliphatic rings. The quantitative estimate of drug-likeness (QED) is 0.783. The van der Waals surface area contributed by atoms with Crippen LogP contribution >= 0.6 is 0 Å². The van der Waals surface area contributed by atoms with Gasteiger partial charge in [-0.15, -0.1) is 0 Å². The first-order valence-corrected chi connectivity index (χ1v) is 9.34. The van der Waals surface area contributed by atoms with E-state index >= 15 is 0 Å². The Bertz CT molecular complexity index is 529. The van der Waals surface area contributed by atoms with Gasteiger partial charge in [-0.2, -0.15) is 5.10 Å². The van der Waals surface area contributed by atoms with E-state index in [2.05, 4.69) is 26.9 Å². The van der Waals surface area contributed by atoms with Crippen LogP contribution < -0.4 is 0 Å². The number of aliphatic hydroxyl groups is 1. The minimum absolute atomic E-state index is 0.182. The summed E-state index contributed by atoms with van der Waals surface area (Å²) >= 11 is 0. The fraction of sp³-hybridized carbons (Fsp3) is 0.824. The molecule has 0 radical (unpaired) electrons. The summed E-state index contributed by atoms with van der Waals surface area (Å²) in [4.78, 5) is 23.1. The molecule has 3 heterocycles. The summed E-state index contributed by atoms with van der Waals surface area (Å²) in [5.41, 5.74) is 0. The lowest BCUT2D eigenvalue weighted by atomic mass is 10.0. The third kappa shape index (κ3) is 4.99. The zero-order valence-corrected chi connectivity index (χ0v) is 15.1. The van der Waals surface area contributed by atoms with Crippen molar-refractivity contribution in [2.45, 2.75) is 44.4 Å². The average molecular weight is 350 g/mol.